The Kier molecular flexibility index (Phi) is 5.32. The minimum Gasteiger partial charge on any atom is -0.299 e. The second-order valence-electron chi connectivity index (χ2n) is 3.96. The van der Waals surface area contributed by atoms with Crippen molar-refractivity contribution >= 4 is 5.78 Å². The number of ketones is 1. The molecule has 0 aromatic heterocycles. The largest absolute Gasteiger partial charge is 0.299 e. The van der Waals surface area contributed by atoms with E-state index in [0.717, 1.165) is 12.8 Å². The second kappa shape index (κ2) is 6.62. The number of Topliss-reactive ketones (excluding diaryl/α,β-unsaturated/α-hetero) is 1. The molecule has 1 aliphatic carbocycles. The first-order valence-electron chi connectivity index (χ1n) is 5.51. The van der Waals surface area contributed by atoms with E-state index in [2.05, 4.69) is 11.2 Å². The molecule has 0 spiro atoms. The number of rotatable bonds is 4. The zero-order chi connectivity index (χ0) is 10.2. The number of carbonyl (C=O) groups is 1. The van der Waals surface area contributed by atoms with Crippen molar-refractivity contribution in [3.8, 4) is 12.3 Å². The third-order valence-electron chi connectivity index (χ3n) is 2.84. The van der Waals surface area contributed by atoms with Crippen LogP contribution in [0.3, 0.4) is 0 Å². The molecule has 1 fully saturated rings. The Morgan fingerprint density at radius 2 is 1.93 bits per heavy atom. The zero-order valence-corrected chi connectivity index (χ0v) is 8.72. The Balaban J connectivity index is 2.24. The summed E-state index contributed by atoms with van der Waals surface area (Å²) in [6.45, 7) is 0.952. The molecular weight excluding hydrogens is 174 g/mol. The van der Waals surface area contributed by atoms with E-state index in [0.29, 0.717) is 24.8 Å². The third kappa shape index (κ3) is 3.93. The highest BCUT2D eigenvalue weighted by molar-refractivity contribution is 5.82. The van der Waals surface area contributed by atoms with Gasteiger partial charge in [-0.25, -0.2) is 0 Å². The molecule has 0 saturated heterocycles. The topological polar surface area (TPSA) is 29.1 Å². The lowest BCUT2D eigenvalue weighted by molar-refractivity contribution is -0.122. The molecule has 0 heterocycles. The summed E-state index contributed by atoms with van der Waals surface area (Å²) in [5.41, 5.74) is 0. The Hall–Kier alpha value is -0.810. The first kappa shape index (κ1) is 11.3. The summed E-state index contributed by atoms with van der Waals surface area (Å²) < 4.78 is 0. The smallest absolute Gasteiger partial charge is 0.149 e. The van der Waals surface area contributed by atoms with Crippen molar-refractivity contribution in [3.05, 3.63) is 0 Å². The average molecular weight is 193 g/mol. The molecule has 0 aliphatic heterocycles. The van der Waals surface area contributed by atoms with Gasteiger partial charge in [0.05, 0.1) is 13.1 Å². The van der Waals surface area contributed by atoms with Crippen LogP contribution in [0.4, 0.5) is 0 Å². The predicted octanol–water partition coefficient (Wildman–Crippen LogP) is 1.75. The molecule has 1 rings (SSSR count). The van der Waals surface area contributed by atoms with Crippen LogP contribution >= 0.6 is 0 Å². The van der Waals surface area contributed by atoms with Crippen LogP contribution in [0.2, 0.25) is 0 Å². The lowest BCUT2D eigenvalue weighted by Gasteiger charge is -2.12. The van der Waals surface area contributed by atoms with Crippen molar-refractivity contribution in [1.82, 2.24) is 5.32 Å². The molecule has 1 aliphatic rings. The monoisotopic (exact) mass is 193 g/mol. The maximum Gasteiger partial charge on any atom is 0.149 e. The van der Waals surface area contributed by atoms with Gasteiger partial charge in [0.25, 0.3) is 0 Å². The Morgan fingerprint density at radius 3 is 2.50 bits per heavy atom. The molecule has 2 nitrogen and oxygen atoms in total. The lowest BCUT2D eigenvalue weighted by Crippen LogP contribution is -2.28. The highest BCUT2D eigenvalue weighted by Gasteiger charge is 2.18. The third-order valence-corrected chi connectivity index (χ3v) is 2.84. The van der Waals surface area contributed by atoms with Gasteiger partial charge in [-0.2, -0.15) is 0 Å². The summed E-state index contributed by atoms with van der Waals surface area (Å²) in [7, 11) is 0. The van der Waals surface area contributed by atoms with E-state index in [9.17, 15) is 4.79 Å². The second-order valence-corrected chi connectivity index (χ2v) is 3.96. The molecule has 14 heavy (non-hydrogen) atoms. The van der Waals surface area contributed by atoms with Gasteiger partial charge in [0.2, 0.25) is 0 Å². The molecule has 0 aromatic carbocycles. The maximum absolute atomic E-state index is 11.7. The maximum atomic E-state index is 11.7. The highest BCUT2D eigenvalue weighted by atomic mass is 16.1. The first-order chi connectivity index (χ1) is 6.84. The molecular formula is C12H19NO. The van der Waals surface area contributed by atoms with Gasteiger partial charge < -0.3 is 0 Å². The molecule has 78 valence electrons. The van der Waals surface area contributed by atoms with E-state index in [4.69, 9.17) is 6.42 Å². The van der Waals surface area contributed by atoms with Crippen LogP contribution in [-0.2, 0) is 4.79 Å². The Labute approximate surface area is 86.5 Å². The fourth-order valence-corrected chi connectivity index (χ4v) is 2.00. The van der Waals surface area contributed by atoms with Crippen LogP contribution in [0.1, 0.15) is 38.5 Å². The van der Waals surface area contributed by atoms with Crippen molar-refractivity contribution in [2.24, 2.45) is 5.92 Å². The van der Waals surface area contributed by atoms with E-state index in [1.165, 1.54) is 25.7 Å². The van der Waals surface area contributed by atoms with Crippen LogP contribution in [0, 0.1) is 18.3 Å². The van der Waals surface area contributed by atoms with Crippen LogP contribution in [0.25, 0.3) is 0 Å². The molecule has 1 N–H and O–H groups in total. The van der Waals surface area contributed by atoms with Crippen molar-refractivity contribution < 1.29 is 4.79 Å². The predicted molar refractivity (Wildman–Crippen MR) is 57.9 cm³/mol. The first-order valence-corrected chi connectivity index (χ1v) is 5.51. The van der Waals surface area contributed by atoms with Gasteiger partial charge in [0.15, 0.2) is 0 Å². The minimum absolute atomic E-state index is 0.294. The van der Waals surface area contributed by atoms with Gasteiger partial charge in [-0.1, -0.05) is 31.6 Å². The van der Waals surface area contributed by atoms with Crippen molar-refractivity contribution in [2.45, 2.75) is 38.5 Å². The fourth-order valence-electron chi connectivity index (χ4n) is 2.00. The molecule has 0 amide bonds. The van der Waals surface area contributed by atoms with Gasteiger partial charge in [-0.3, -0.25) is 10.1 Å². The number of terminal acetylenes is 1. The normalized spacial score (nSPS) is 18.5. The van der Waals surface area contributed by atoms with Crippen molar-refractivity contribution in [2.75, 3.05) is 13.1 Å². The SMILES string of the molecule is C#CCNCC(=O)C1CCCCCC1. The van der Waals surface area contributed by atoms with Crippen LogP contribution in [0.5, 0.6) is 0 Å². The molecule has 0 atom stereocenters. The van der Waals surface area contributed by atoms with Crippen LogP contribution in [0.15, 0.2) is 0 Å². The number of hydrogen-bond acceptors (Lipinski definition) is 2. The number of hydrogen-bond donors (Lipinski definition) is 1. The summed E-state index contributed by atoms with van der Waals surface area (Å²) >= 11 is 0. The average Bonchev–Trinajstić information content (AvgIpc) is 2.46. The Bertz CT molecular complexity index is 209. The summed E-state index contributed by atoms with van der Waals surface area (Å²) in [5, 5.41) is 2.97. The van der Waals surface area contributed by atoms with Crippen LogP contribution in [-0.4, -0.2) is 18.9 Å². The van der Waals surface area contributed by atoms with Gasteiger partial charge in [-0.15, -0.1) is 6.42 Å². The molecule has 0 unspecified atom stereocenters. The van der Waals surface area contributed by atoms with E-state index < -0.39 is 0 Å². The van der Waals surface area contributed by atoms with Gasteiger partial charge in [0.1, 0.15) is 5.78 Å². The van der Waals surface area contributed by atoms with Gasteiger partial charge >= 0.3 is 0 Å². The molecule has 0 radical (unpaired) electrons. The summed E-state index contributed by atoms with van der Waals surface area (Å²) in [6, 6.07) is 0. The zero-order valence-electron chi connectivity index (χ0n) is 8.72. The summed E-state index contributed by atoms with van der Waals surface area (Å²) in [4.78, 5) is 11.7. The molecule has 0 bridgehead atoms. The highest BCUT2D eigenvalue weighted by Crippen LogP contribution is 2.23. The minimum atomic E-state index is 0.294. The standard InChI is InChI=1S/C12H19NO/c1-2-9-13-10-12(14)11-7-5-3-4-6-8-11/h1,11,13H,3-10H2. The van der Waals surface area contributed by atoms with Crippen LogP contribution < -0.4 is 5.32 Å². The fraction of sp³-hybridized carbons (Fsp3) is 0.750. The van der Waals surface area contributed by atoms with Crippen molar-refractivity contribution in [1.29, 1.82) is 0 Å². The number of carbonyl (C=O) groups excluding carboxylic acids is 1. The molecule has 2 heteroatoms. The Morgan fingerprint density at radius 1 is 1.29 bits per heavy atom. The van der Waals surface area contributed by atoms with Gasteiger partial charge in [-0.05, 0) is 12.8 Å². The number of nitrogens with one attached hydrogen (secondary N) is 1. The van der Waals surface area contributed by atoms with E-state index >= 15 is 0 Å². The van der Waals surface area contributed by atoms with Gasteiger partial charge in [0, 0.05) is 5.92 Å². The summed E-state index contributed by atoms with van der Waals surface area (Å²) in [6.07, 6.45) is 12.3. The quantitative estimate of drug-likeness (QED) is 0.418. The summed E-state index contributed by atoms with van der Waals surface area (Å²) in [5.74, 6) is 3.12. The van der Waals surface area contributed by atoms with E-state index in [1.54, 1.807) is 0 Å². The van der Waals surface area contributed by atoms with Crippen molar-refractivity contribution in [3.63, 3.8) is 0 Å². The molecule has 0 aromatic rings. The lowest BCUT2D eigenvalue weighted by atomic mass is 9.95. The van der Waals surface area contributed by atoms with E-state index in [1.807, 2.05) is 0 Å². The van der Waals surface area contributed by atoms with E-state index in [-0.39, 0.29) is 0 Å². The molecule has 1 saturated carbocycles.